The topological polar surface area (TPSA) is 89.1 Å². The fraction of sp³-hybridized carbons (Fsp3) is 0.483. The molecule has 41 heavy (non-hydrogen) atoms. The first-order valence-corrected chi connectivity index (χ1v) is 13.5. The fourth-order valence-electron chi connectivity index (χ4n) is 4.93. The number of halogens is 3. The van der Waals surface area contributed by atoms with Gasteiger partial charge < -0.3 is 29.3 Å². The Labute approximate surface area is 236 Å². The van der Waals surface area contributed by atoms with Gasteiger partial charge in [0.2, 0.25) is 0 Å². The molecule has 0 radical (unpaired) electrons. The largest absolute Gasteiger partial charge is 0.486 e. The Morgan fingerprint density at radius 3 is 2.59 bits per heavy atom. The lowest BCUT2D eigenvalue weighted by atomic mass is 10.0. The number of alkyl halides is 2. The summed E-state index contributed by atoms with van der Waals surface area (Å²) in [6.07, 6.45) is -3.61. The van der Waals surface area contributed by atoms with Crippen LogP contribution in [0.3, 0.4) is 0 Å². The van der Waals surface area contributed by atoms with Crippen molar-refractivity contribution in [2.24, 2.45) is 0 Å². The van der Waals surface area contributed by atoms with E-state index in [0.717, 1.165) is 11.8 Å². The highest BCUT2D eigenvalue weighted by Crippen LogP contribution is 2.47. The number of nitrogens with one attached hydrogen (secondary N) is 1. The van der Waals surface area contributed by atoms with Crippen LogP contribution in [0.15, 0.2) is 24.3 Å². The van der Waals surface area contributed by atoms with Crippen molar-refractivity contribution in [3.8, 4) is 11.5 Å². The van der Waals surface area contributed by atoms with E-state index >= 15 is 0 Å². The first-order valence-electron chi connectivity index (χ1n) is 13.5. The van der Waals surface area contributed by atoms with Crippen molar-refractivity contribution in [3.05, 3.63) is 47.0 Å². The highest BCUT2D eigenvalue weighted by Gasteiger charge is 2.37. The second-order valence-electron chi connectivity index (χ2n) is 11.4. The fourth-order valence-corrected chi connectivity index (χ4v) is 4.93. The Balaban J connectivity index is 1.48. The third-order valence-electron chi connectivity index (χ3n) is 6.96. The maximum Gasteiger partial charge on any atom is 0.410 e. The zero-order valence-corrected chi connectivity index (χ0v) is 23.9. The molecule has 0 saturated carbocycles. The minimum absolute atomic E-state index is 0.0961. The number of amides is 1. The van der Waals surface area contributed by atoms with Crippen LogP contribution >= 0.6 is 0 Å². The number of likely N-dealkylation sites (N-methyl/N-ethyl adjacent to an activating group) is 1. The van der Waals surface area contributed by atoms with Gasteiger partial charge in [0.25, 0.3) is 6.43 Å². The van der Waals surface area contributed by atoms with Gasteiger partial charge in [-0.05, 0) is 40.7 Å². The van der Waals surface area contributed by atoms with Crippen LogP contribution in [0.25, 0.3) is 10.9 Å². The van der Waals surface area contributed by atoms with E-state index < -0.39 is 35.5 Å². The molecule has 0 bridgehead atoms. The van der Waals surface area contributed by atoms with Gasteiger partial charge in [0.15, 0.2) is 11.5 Å². The van der Waals surface area contributed by atoms with E-state index in [9.17, 15) is 18.0 Å². The second-order valence-corrected chi connectivity index (χ2v) is 11.4. The normalized spacial score (nSPS) is 16.2. The molecule has 1 amide bonds. The third-order valence-corrected chi connectivity index (χ3v) is 6.96. The molecule has 1 saturated heterocycles. The summed E-state index contributed by atoms with van der Waals surface area (Å²) in [5.74, 6) is 0.914. The van der Waals surface area contributed by atoms with E-state index in [2.05, 4.69) is 15.3 Å². The monoisotopic (exact) mass is 573 g/mol. The number of rotatable bonds is 6. The summed E-state index contributed by atoms with van der Waals surface area (Å²) in [4.78, 5) is 25.2. The van der Waals surface area contributed by atoms with E-state index in [4.69, 9.17) is 14.2 Å². The third kappa shape index (κ3) is 5.77. The van der Waals surface area contributed by atoms with Crippen LogP contribution in [0, 0.1) is 12.7 Å². The van der Waals surface area contributed by atoms with Gasteiger partial charge in [0.05, 0.1) is 31.2 Å². The van der Waals surface area contributed by atoms with Crippen LogP contribution in [0.4, 0.5) is 29.5 Å². The van der Waals surface area contributed by atoms with E-state index in [0.29, 0.717) is 60.3 Å². The number of nitrogens with zero attached hydrogens (tertiary/aromatic N) is 4. The minimum Gasteiger partial charge on any atom is -0.486 e. The number of hydrogen-bond donors (Lipinski definition) is 1. The molecule has 1 fully saturated rings. The Bertz CT molecular complexity index is 1470. The van der Waals surface area contributed by atoms with Crippen LogP contribution in [0.2, 0.25) is 0 Å². The van der Waals surface area contributed by atoms with Gasteiger partial charge in [-0.25, -0.2) is 27.9 Å². The molecule has 1 N–H and O–H groups in total. The van der Waals surface area contributed by atoms with Gasteiger partial charge in [-0.2, -0.15) is 0 Å². The first kappa shape index (κ1) is 28.6. The number of benzene rings is 2. The lowest BCUT2D eigenvalue weighted by Crippen LogP contribution is -2.57. The molecule has 0 spiro atoms. The number of anilines is 2. The Morgan fingerprint density at radius 2 is 1.90 bits per heavy atom. The molecule has 220 valence electrons. The van der Waals surface area contributed by atoms with Gasteiger partial charge in [-0.1, -0.05) is 18.2 Å². The van der Waals surface area contributed by atoms with Crippen molar-refractivity contribution in [3.63, 3.8) is 0 Å². The first-order chi connectivity index (χ1) is 19.3. The maximum atomic E-state index is 14.9. The number of carbonyl (C=O) groups is 1. The van der Waals surface area contributed by atoms with Gasteiger partial charge >= 0.3 is 6.09 Å². The molecule has 5 rings (SSSR count). The number of aryl methyl sites for hydroxylation is 1. The van der Waals surface area contributed by atoms with Crippen molar-refractivity contribution >= 4 is 28.5 Å². The van der Waals surface area contributed by atoms with Crippen LogP contribution in [-0.2, 0) is 4.74 Å². The molecule has 0 aliphatic carbocycles. The summed E-state index contributed by atoms with van der Waals surface area (Å²) < 4.78 is 59.4. The minimum atomic E-state index is -2.93. The Kier molecular flexibility index (Phi) is 7.52. The molecule has 1 atom stereocenters. The average molecular weight is 574 g/mol. The summed E-state index contributed by atoms with van der Waals surface area (Å²) in [6.45, 7) is 10.6. The van der Waals surface area contributed by atoms with Crippen LogP contribution in [0.1, 0.15) is 57.1 Å². The van der Waals surface area contributed by atoms with Crippen molar-refractivity contribution in [2.75, 3.05) is 43.5 Å². The SMILES string of the molecule is Cc1nc(N[C@H](C)c2cccc(C(F)F)c2F)c2cc(OC3CN(C(=O)OC(C)(C)C)C3)c3c(c2n1)N(C)CCO3. The van der Waals surface area contributed by atoms with Crippen LogP contribution < -0.4 is 19.7 Å². The van der Waals surface area contributed by atoms with Crippen LogP contribution in [-0.4, -0.2) is 66.0 Å². The van der Waals surface area contributed by atoms with Crippen LogP contribution in [0.5, 0.6) is 11.5 Å². The van der Waals surface area contributed by atoms with E-state index in [1.807, 2.05) is 32.7 Å². The number of fused-ring (bicyclic) bond motifs is 3. The summed E-state index contributed by atoms with van der Waals surface area (Å²) in [6, 6.07) is 5.05. The molecule has 2 aliphatic rings. The van der Waals surface area contributed by atoms with Crippen molar-refractivity contribution in [1.29, 1.82) is 0 Å². The molecule has 12 heteroatoms. The number of carbonyl (C=O) groups excluding carboxylic acids is 1. The van der Waals surface area contributed by atoms with E-state index in [1.165, 1.54) is 12.1 Å². The van der Waals surface area contributed by atoms with Crippen molar-refractivity contribution < 1.29 is 32.2 Å². The number of ether oxygens (including phenoxy) is 3. The Morgan fingerprint density at radius 1 is 1.20 bits per heavy atom. The Hall–Kier alpha value is -3.96. The smallest absolute Gasteiger partial charge is 0.410 e. The maximum absolute atomic E-state index is 14.9. The van der Waals surface area contributed by atoms with Gasteiger partial charge in [0.1, 0.15) is 47.0 Å². The molecule has 0 unspecified atom stereocenters. The molecule has 2 aromatic carbocycles. The van der Waals surface area contributed by atoms with Gasteiger partial charge in [-0.3, -0.25) is 0 Å². The number of hydrogen-bond acceptors (Lipinski definition) is 8. The molecular weight excluding hydrogens is 539 g/mol. The van der Waals surface area contributed by atoms with Crippen molar-refractivity contribution in [1.82, 2.24) is 14.9 Å². The summed E-state index contributed by atoms with van der Waals surface area (Å²) >= 11 is 0. The zero-order chi connectivity index (χ0) is 29.6. The standard InChI is InChI=1S/C29H34F3N5O4/c1-15(18-8-7-9-19(22(18)30)26(31)32)33-27-20-12-21(40-17-13-37(14-17)28(38)41-29(3,4)5)25-24(36(6)10-11-39-25)23(20)34-16(2)35-27/h7-9,12,15,17,26H,10-11,13-14H2,1-6H3,(H,33,34,35)/t15-/m1/s1. The zero-order valence-electron chi connectivity index (χ0n) is 23.9. The predicted molar refractivity (Wildman–Crippen MR) is 149 cm³/mol. The number of aromatic nitrogens is 2. The summed E-state index contributed by atoms with van der Waals surface area (Å²) in [5, 5.41) is 3.80. The quantitative estimate of drug-likeness (QED) is 0.383. The molecule has 1 aromatic heterocycles. The van der Waals surface area contributed by atoms with E-state index in [-0.39, 0.29) is 11.7 Å². The summed E-state index contributed by atoms with van der Waals surface area (Å²) in [7, 11) is 1.93. The second kappa shape index (κ2) is 10.8. The molecule has 3 heterocycles. The molecule has 2 aliphatic heterocycles. The lowest BCUT2D eigenvalue weighted by Gasteiger charge is -2.40. The van der Waals surface area contributed by atoms with E-state index in [1.54, 1.807) is 24.8 Å². The highest BCUT2D eigenvalue weighted by atomic mass is 19.3. The van der Waals surface area contributed by atoms with Crippen molar-refractivity contribution in [2.45, 2.75) is 58.8 Å². The highest BCUT2D eigenvalue weighted by molar-refractivity contribution is 6.02. The van der Waals surface area contributed by atoms with Gasteiger partial charge in [0, 0.05) is 18.0 Å². The summed E-state index contributed by atoms with van der Waals surface area (Å²) in [5.41, 5.74) is 0.186. The predicted octanol–water partition coefficient (Wildman–Crippen LogP) is 6.01. The number of likely N-dealkylation sites (tertiary alicyclic amines) is 1. The molecular formula is C29H34F3N5O4. The van der Waals surface area contributed by atoms with Gasteiger partial charge in [-0.15, -0.1) is 0 Å². The lowest BCUT2D eigenvalue weighted by molar-refractivity contribution is -0.0227. The molecule has 9 nitrogen and oxygen atoms in total. The average Bonchev–Trinajstić information content (AvgIpc) is 2.84. The molecule has 3 aromatic rings.